The molecule has 0 saturated carbocycles. The number of benzene rings is 2. The van der Waals surface area contributed by atoms with Crippen LogP contribution in [-0.2, 0) is 7.05 Å². The molecule has 2 aromatic carbocycles. The number of nitrogens with zero attached hydrogens (tertiary/aromatic N) is 2. The predicted molar refractivity (Wildman–Crippen MR) is 94.5 cm³/mol. The Balaban J connectivity index is 2.13. The number of furan rings is 1. The maximum absolute atomic E-state index is 14.3. The molecular weight excluding hydrogens is 315 g/mol. The summed E-state index contributed by atoms with van der Waals surface area (Å²) < 4.78 is 44.8. The molecule has 0 aliphatic rings. The van der Waals surface area contributed by atoms with Gasteiger partial charge in [-0.3, -0.25) is 0 Å². The summed E-state index contributed by atoms with van der Waals surface area (Å²) in [5.74, 6) is -0.785. The fraction of sp³-hybridized carbons (Fsp3) is 0.143. The Morgan fingerprint density at radius 3 is 2.72 bits per heavy atom. The van der Waals surface area contributed by atoms with Crippen LogP contribution in [0.2, 0.25) is 0 Å². The van der Waals surface area contributed by atoms with E-state index in [4.69, 9.17) is 8.53 Å². The van der Waals surface area contributed by atoms with Crippen LogP contribution in [0.5, 0.6) is 0 Å². The second-order valence-electron chi connectivity index (χ2n) is 6.06. The molecule has 2 aromatic heterocycles. The van der Waals surface area contributed by atoms with Gasteiger partial charge in [0.1, 0.15) is 18.7 Å². The van der Waals surface area contributed by atoms with Crippen LogP contribution in [-0.4, -0.2) is 0 Å². The van der Waals surface area contributed by atoms with E-state index in [0.717, 1.165) is 16.3 Å². The second kappa shape index (κ2) is 5.42. The molecule has 25 heavy (non-hydrogen) atoms. The highest BCUT2D eigenvalue weighted by Crippen LogP contribution is 2.38. The molecule has 2 heterocycles. The van der Waals surface area contributed by atoms with Crippen molar-refractivity contribution in [3.8, 4) is 17.3 Å². The summed E-state index contributed by atoms with van der Waals surface area (Å²) in [7, 11) is 1.66. The van der Waals surface area contributed by atoms with Crippen LogP contribution in [0.4, 0.5) is 4.39 Å². The number of aryl methyl sites for hydroxylation is 3. The quantitative estimate of drug-likeness (QED) is 0.473. The molecule has 4 aromatic rings. The molecule has 0 aliphatic heterocycles. The molecule has 4 rings (SSSR count). The molecule has 0 fully saturated rings. The van der Waals surface area contributed by atoms with Crippen molar-refractivity contribution in [2.45, 2.75) is 13.8 Å². The van der Waals surface area contributed by atoms with Gasteiger partial charge < -0.3 is 4.42 Å². The Labute approximate surface area is 148 Å². The maximum atomic E-state index is 14.3. The third-order valence-electron chi connectivity index (χ3n) is 4.48. The zero-order valence-electron chi connectivity index (χ0n) is 16.7. The summed E-state index contributed by atoms with van der Waals surface area (Å²) in [5, 5.41) is 11.0. The number of hydrogen-bond donors (Lipinski definition) is 0. The van der Waals surface area contributed by atoms with E-state index in [-0.39, 0.29) is 5.56 Å². The van der Waals surface area contributed by atoms with Crippen molar-refractivity contribution in [3.63, 3.8) is 0 Å². The molecule has 3 nitrogen and oxygen atoms in total. The van der Waals surface area contributed by atoms with Crippen molar-refractivity contribution in [2.24, 2.45) is 7.05 Å². The maximum Gasteiger partial charge on any atom is 0.216 e. The third-order valence-corrected chi connectivity index (χ3v) is 4.48. The van der Waals surface area contributed by atoms with Gasteiger partial charge in [0, 0.05) is 21.0 Å². The first-order valence-corrected chi connectivity index (χ1v) is 7.77. The molecule has 0 saturated heterocycles. The van der Waals surface area contributed by atoms with E-state index in [1.54, 1.807) is 23.7 Å². The molecule has 4 heteroatoms. The highest BCUT2D eigenvalue weighted by Gasteiger charge is 2.22. The lowest BCUT2D eigenvalue weighted by molar-refractivity contribution is -0.662. The van der Waals surface area contributed by atoms with E-state index in [1.807, 2.05) is 25.1 Å². The monoisotopic (exact) mass is 334 g/mol. The zero-order valence-corrected chi connectivity index (χ0v) is 13.7. The first-order valence-electron chi connectivity index (χ1n) is 9.27. The Morgan fingerprint density at radius 1 is 1.16 bits per heavy atom. The van der Waals surface area contributed by atoms with E-state index in [2.05, 4.69) is 6.07 Å². The van der Waals surface area contributed by atoms with Gasteiger partial charge in [-0.2, -0.15) is 9.83 Å². The summed E-state index contributed by atoms with van der Waals surface area (Å²) in [6.45, 7) is -0.692. The number of para-hydroxylation sites is 1. The number of rotatable bonds is 1. The number of pyridine rings is 1. The molecule has 0 amide bonds. The normalized spacial score (nSPS) is 13.4. The minimum absolute atomic E-state index is 0.342. The highest BCUT2D eigenvalue weighted by molar-refractivity contribution is 6.10. The highest BCUT2D eigenvalue weighted by atomic mass is 19.1. The summed E-state index contributed by atoms with van der Waals surface area (Å²) >= 11 is 0. The lowest BCUT2D eigenvalue weighted by atomic mass is 9.99. The van der Waals surface area contributed by atoms with Crippen LogP contribution in [0.1, 0.15) is 20.8 Å². The van der Waals surface area contributed by atoms with Crippen molar-refractivity contribution in [3.05, 3.63) is 65.1 Å². The van der Waals surface area contributed by atoms with Crippen LogP contribution in [0, 0.1) is 30.9 Å². The number of fused-ring (bicyclic) bond motifs is 3. The Kier molecular flexibility index (Phi) is 2.65. The Morgan fingerprint density at radius 2 is 1.96 bits per heavy atom. The van der Waals surface area contributed by atoms with Crippen molar-refractivity contribution in [1.82, 2.24) is 0 Å². The molecular formula is C21H16FN2O+. The number of halogens is 1. The summed E-state index contributed by atoms with van der Waals surface area (Å²) in [4.78, 5) is 0. The van der Waals surface area contributed by atoms with Gasteiger partial charge in [-0.25, -0.2) is 4.39 Å². The Hall–Kier alpha value is -3.19. The number of nitriles is 1. The van der Waals surface area contributed by atoms with E-state index in [1.165, 1.54) is 12.3 Å². The molecule has 0 spiro atoms. The number of aromatic nitrogens is 1. The average molecular weight is 334 g/mol. The molecule has 0 radical (unpaired) electrons. The Bertz CT molecular complexity index is 1300. The smallest absolute Gasteiger partial charge is 0.216 e. The first kappa shape index (κ1) is 12.2. The van der Waals surface area contributed by atoms with Gasteiger partial charge in [0.15, 0.2) is 11.4 Å². The fourth-order valence-electron chi connectivity index (χ4n) is 3.23. The molecule has 0 atom stereocenters. The zero-order chi connectivity index (χ0) is 20.2. The first-order chi connectivity index (χ1) is 13.2. The van der Waals surface area contributed by atoms with Gasteiger partial charge >= 0.3 is 0 Å². The average Bonchev–Trinajstić information content (AvgIpc) is 3.00. The van der Waals surface area contributed by atoms with E-state index >= 15 is 0 Å². The van der Waals surface area contributed by atoms with Gasteiger partial charge in [-0.15, -0.1) is 0 Å². The van der Waals surface area contributed by atoms with Crippen LogP contribution in [0.15, 0.2) is 47.0 Å². The summed E-state index contributed by atoms with van der Waals surface area (Å²) in [5.41, 5.74) is 3.14. The molecule has 0 N–H and O–H groups in total. The van der Waals surface area contributed by atoms with Gasteiger partial charge in [-0.1, -0.05) is 24.3 Å². The SMILES string of the molecule is [2H]C([2H])([2H])c1cc(-c2c(C)ccc3c2oc2c(C#N)cccc23)[n+](C)cc1F. The largest absolute Gasteiger partial charge is 0.454 e. The summed E-state index contributed by atoms with van der Waals surface area (Å²) in [6, 6.07) is 12.6. The van der Waals surface area contributed by atoms with Crippen LogP contribution in [0.3, 0.4) is 0 Å². The molecule has 0 bridgehead atoms. The standard InChI is InChI=1S/C21H16FN2O/c1-12-7-8-16-15-6-4-5-14(10-23)20(15)25-21(16)19(12)18-9-13(2)17(22)11-24(18)3/h4-9,11H,1-3H3/q+1/i2D3. The van der Waals surface area contributed by atoms with Crippen LogP contribution in [0.25, 0.3) is 33.2 Å². The number of hydrogen-bond acceptors (Lipinski definition) is 2. The molecule has 0 aliphatic carbocycles. The topological polar surface area (TPSA) is 40.8 Å². The summed E-state index contributed by atoms with van der Waals surface area (Å²) in [6.07, 6.45) is 1.17. The van der Waals surface area contributed by atoms with Gasteiger partial charge in [0.25, 0.3) is 0 Å². The lowest BCUT2D eigenvalue weighted by Gasteiger charge is -2.06. The van der Waals surface area contributed by atoms with E-state index in [0.29, 0.717) is 28.0 Å². The fourth-order valence-corrected chi connectivity index (χ4v) is 3.23. The molecule has 0 unspecified atom stereocenters. The molecule has 122 valence electrons. The van der Waals surface area contributed by atoms with Crippen molar-refractivity contribution in [2.75, 3.05) is 0 Å². The predicted octanol–water partition coefficient (Wildman–Crippen LogP) is 4.71. The van der Waals surface area contributed by atoms with Crippen LogP contribution >= 0.6 is 0 Å². The van der Waals surface area contributed by atoms with E-state index in [9.17, 15) is 9.65 Å². The van der Waals surface area contributed by atoms with Gasteiger partial charge in [0.2, 0.25) is 11.9 Å². The lowest BCUT2D eigenvalue weighted by Crippen LogP contribution is -2.31. The van der Waals surface area contributed by atoms with Gasteiger partial charge in [-0.05, 0) is 31.0 Å². The van der Waals surface area contributed by atoms with E-state index < -0.39 is 12.7 Å². The van der Waals surface area contributed by atoms with Crippen molar-refractivity contribution < 1.29 is 17.5 Å². The van der Waals surface area contributed by atoms with Crippen molar-refractivity contribution in [1.29, 1.82) is 5.26 Å². The van der Waals surface area contributed by atoms with Crippen LogP contribution < -0.4 is 4.57 Å². The minimum atomic E-state index is -2.57. The van der Waals surface area contributed by atoms with Crippen molar-refractivity contribution >= 4 is 21.9 Å². The van der Waals surface area contributed by atoms with Gasteiger partial charge in [0.05, 0.1) is 11.1 Å². The second-order valence-corrected chi connectivity index (χ2v) is 6.06. The minimum Gasteiger partial charge on any atom is -0.454 e. The third kappa shape index (κ3) is 2.20.